The largest absolute Gasteiger partial charge is 0.464 e. The van der Waals surface area contributed by atoms with Crippen molar-refractivity contribution in [3.05, 3.63) is 40.6 Å². The van der Waals surface area contributed by atoms with E-state index in [1.54, 1.807) is 18.9 Å². The van der Waals surface area contributed by atoms with Gasteiger partial charge in [-0.1, -0.05) is 12.1 Å². The van der Waals surface area contributed by atoms with Crippen molar-refractivity contribution in [2.45, 2.75) is 31.5 Å². The number of methoxy groups -OCH3 is 1. The lowest BCUT2D eigenvalue weighted by atomic mass is 9.66. The minimum atomic E-state index is -1.14. The van der Waals surface area contributed by atoms with Gasteiger partial charge in [-0.25, -0.2) is 9.59 Å². The van der Waals surface area contributed by atoms with Crippen molar-refractivity contribution >= 4 is 11.9 Å². The molecule has 24 heavy (non-hydrogen) atoms. The molecule has 3 aliphatic rings. The molecule has 6 heteroatoms. The van der Waals surface area contributed by atoms with Crippen LogP contribution in [-0.4, -0.2) is 43.3 Å². The van der Waals surface area contributed by atoms with Crippen molar-refractivity contribution < 1.29 is 23.8 Å². The number of hydrogen-bond donors (Lipinski definition) is 0. The van der Waals surface area contributed by atoms with E-state index in [4.69, 9.17) is 14.2 Å². The van der Waals surface area contributed by atoms with Gasteiger partial charge in [0.25, 0.3) is 5.79 Å². The predicted molar refractivity (Wildman–Crippen MR) is 84.3 cm³/mol. The third-order valence-corrected chi connectivity index (χ3v) is 5.41. The number of carbonyl (C=O) groups is 2. The van der Waals surface area contributed by atoms with Gasteiger partial charge in [-0.2, -0.15) is 0 Å². The molecule has 6 nitrogen and oxygen atoms in total. The molecule has 1 aromatic carbocycles. The molecule has 0 saturated carbocycles. The lowest BCUT2D eigenvalue weighted by Crippen LogP contribution is -2.51. The summed E-state index contributed by atoms with van der Waals surface area (Å²) >= 11 is 0. The molecule has 1 spiro atoms. The fraction of sp³-hybridized carbons (Fsp3) is 0.444. The molecule has 0 aromatic heterocycles. The van der Waals surface area contributed by atoms with Gasteiger partial charge >= 0.3 is 11.9 Å². The van der Waals surface area contributed by atoms with Crippen LogP contribution in [-0.2, 0) is 24.5 Å². The maximum atomic E-state index is 12.7. The number of hydrogen-bond acceptors (Lipinski definition) is 6. The molecule has 2 atom stereocenters. The van der Waals surface area contributed by atoms with E-state index in [2.05, 4.69) is 0 Å². The van der Waals surface area contributed by atoms with Gasteiger partial charge in [-0.05, 0) is 25.0 Å². The number of likely N-dealkylation sites (N-methyl/N-ethyl adjacent to an activating group) is 1. The van der Waals surface area contributed by atoms with E-state index in [-0.39, 0.29) is 5.70 Å². The lowest BCUT2D eigenvalue weighted by Gasteiger charge is -2.40. The third kappa shape index (κ3) is 1.56. The first kappa shape index (κ1) is 15.1. The van der Waals surface area contributed by atoms with E-state index >= 15 is 0 Å². The highest BCUT2D eigenvalue weighted by Gasteiger charge is 2.71. The molecule has 1 fully saturated rings. The molecular weight excluding hydrogens is 310 g/mol. The molecule has 2 unspecified atom stereocenters. The molecule has 0 bridgehead atoms. The molecule has 0 radical (unpaired) electrons. The highest BCUT2D eigenvalue weighted by Crippen LogP contribution is 2.62. The first-order valence-corrected chi connectivity index (χ1v) is 7.92. The number of ether oxygens (including phenoxy) is 3. The van der Waals surface area contributed by atoms with E-state index < -0.39 is 23.1 Å². The van der Waals surface area contributed by atoms with Gasteiger partial charge < -0.3 is 19.1 Å². The summed E-state index contributed by atoms with van der Waals surface area (Å²) in [6.07, 6.45) is 0.623. The maximum absolute atomic E-state index is 12.7. The summed E-state index contributed by atoms with van der Waals surface area (Å²) in [6, 6.07) is 5.90. The van der Waals surface area contributed by atoms with Crippen LogP contribution < -0.4 is 4.74 Å². The average Bonchev–Trinajstić information content (AvgIpc) is 2.88. The van der Waals surface area contributed by atoms with Crippen molar-refractivity contribution in [3.63, 3.8) is 0 Å². The molecule has 3 aliphatic heterocycles. The Kier molecular flexibility index (Phi) is 2.84. The Labute approximate surface area is 140 Å². The minimum absolute atomic E-state index is 0.259. The van der Waals surface area contributed by atoms with Crippen LogP contribution in [0.1, 0.15) is 24.5 Å². The normalized spacial score (nSPS) is 30.3. The summed E-state index contributed by atoms with van der Waals surface area (Å²) in [4.78, 5) is 26.8. The first-order chi connectivity index (χ1) is 11.3. The molecule has 126 valence electrons. The van der Waals surface area contributed by atoms with Gasteiger partial charge in [0.15, 0.2) is 0 Å². The SMILES string of the molecule is COC(=O)C1=C2C(=O)OC3(C)Oc4cc(C)ccc4C23CCN1C. The molecule has 0 N–H and O–H groups in total. The second kappa shape index (κ2) is 4.53. The molecule has 1 aromatic rings. The Bertz CT molecular complexity index is 814. The number of rotatable bonds is 1. The van der Waals surface area contributed by atoms with Gasteiger partial charge in [0.1, 0.15) is 16.9 Å². The number of fused-ring (bicyclic) bond motifs is 1. The zero-order chi connectivity index (χ0) is 17.3. The standard InChI is InChI=1S/C18H19NO5/c1-10-5-6-11-12(9-10)23-17(2)18(11)7-8-19(3)14(16(21)22-4)13(18)15(20)24-17/h5-6,9H,7-8H2,1-4H3. The first-order valence-electron chi connectivity index (χ1n) is 7.92. The Morgan fingerprint density at radius 3 is 2.79 bits per heavy atom. The minimum Gasteiger partial charge on any atom is -0.464 e. The number of nitrogens with zero attached hydrogens (tertiary/aromatic N) is 1. The van der Waals surface area contributed by atoms with E-state index in [9.17, 15) is 9.59 Å². The second-order valence-corrected chi connectivity index (χ2v) is 6.73. The van der Waals surface area contributed by atoms with Gasteiger partial charge in [0.2, 0.25) is 0 Å². The molecule has 1 saturated heterocycles. The maximum Gasteiger partial charge on any atom is 0.354 e. The van der Waals surface area contributed by atoms with Crippen molar-refractivity contribution in [1.29, 1.82) is 0 Å². The van der Waals surface area contributed by atoms with Crippen LogP contribution in [0.15, 0.2) is 29.5 Å². The van der Waals surface area contributed by atoms with Crippen LogP contribution in [0, 0.1) is 6.92 Å². The molecule has 3 heterocycles. The van der Waals surface area contributed by atoms with Crippen molar-refractivity contribution in [3.8, 4) is 5.75 Å². The lowest BCUT2D eigenvalue weighted by molar-refractivity contribution is -0.179. The second-order valence-electron chi connectivity index (χ2n) is 6.73. The van der Waals surface area contributed by atoms with Crippen LogP contribution in [0.5, 0.6) is 5.75 Å². The van der Waals surface area contributed by atoms with Crippen LogP contribution >= 0.6 is 0 Å². The van der Waals surface area contributed by atoms with E-state index in [1.807, 2.05) is 25.1 Å². The number of esters is 2. The van der Waals surface area contributed by atoms with Crippen molar-refractivity contribution in [1.82, 2.24) is 4.90 Å². The van der Waals surface area contributed by atoms with Crippen molar-refractivity contribution in [2.75, 3.05) is 20.7 Å². The van der Waals surface area contributed by atoms with Crippen LogP contribution in [0.4, 0.5) is 0 Å². The van der Waals surface area contributed by atoms with Gasteiger partial charge in [-0.15, -0.1) is 0 Å². The van der Waals surface area contributed by atoms with E-state index in [1.165, 1.54) is 7.11 Å². The highest BCUT2D eigenvalue weighted by atomic mass is 16.7. The zero-order valence-corrected chi connectivity index (χ0v) is 14.1. The number of benzene rings is 1. The summed E-state index contributed by atoms with van der Waals surface area (Å²) < 4.78 is 16.6. The quantitative estimate of drug-likeness (QED) is 0.730. The summed E-state index contributed by atoms with van der Waals surface area (Å²) in [5.41, 5.74) is 1.77. The van der Waals surface area contributed by atoms with Gasteiger partial charge in [-0.3, -0.25) is 0 Å². The van der Waals surface area contributed by atoms with E-state index in [0.717, 1.165) is 11.1 Å². The Hall–Kier alpha value is -2.50. The molecule has 4 rings (SSSR count). The van der Waals surface area contributed by atoms with Gasteiger partial charge in [0, 0.05) is 26.1 Å². The summed E-state index contributed by atoms with van der Waals surface area (Å²) in [5, 5.41) is 0. The van der Waals surface area contributed by atoms with E-state index in [0.29, 0.717) is 24.3 Å². The van der Waals surface area contributed by atoms with Gasteiger partial charge in [0.05, 0.1) is 12.7 Å². The number of carbonyl (C=O) groups excluding carboxylic acids is 2. The highest BCUT2D eigenvalue weighted by molar-refractivity contribution is 6.05. The number of aryl methyl sites for hydroxylation is 1. The fourth-order valence-electron chi connectivity index (χ4n) is 4.26. The summed E-state index contributed by atoms with van der Waals surface area (Å²) in [6.45, 7) is 4.35. The summed E-state index contributed by atoms with van der Waals surface area (Å²) in [7, 11) is 3.09. The fourth-order valence-corrected chi connectivity index (χ4v) is 4.26. The van der Waals surface area contributed by atoms with Crippen LogP contribution in [0.25, 0.3) is 0 Å². The van der Waals surface area contributed by atoms with Crippen molar-refractivity contribution in [2.24, 2.45) is 0 Å². The Balaban J connectivity index is 2.05. The van der Waals surface area contributed by atoms with Crippen LogP contribution in [0.3, 0.4) is 0 Å². The van der Waals surface area contributed by atoms with Crippen LogP contribution in [0.2, 0.25) is 0 Å². The predicted octanol–water partition coefficient (Wildman–Crippen LogP) is 1.66. The molecule has 0 amide bonds. The monoisotopic (exact) mass is 329 g/mol. The molecule has 0 aliphatic carbocycles. The molecular formula is C18H19NO5. The smallest absolute Gasteiger partial charge is 0.354 e. The third-order valence-electron chi connectivity index (χ3n) is 5.41. The Morgan fingerprint density at radius 2 is 2.08 bits per heavy atom. The summed E-state index contributed by atoms with van der Waals surface area (Å²) in [5.74, 6) is -1.49. The zero-order valence-electron chi connectivity index (χ0n) is 14.1. The Morgan fingerprint density at radius 1 is 1.33 bits per heavy atom. The average molecular weight is 329 g/mol. The topological polar surface area (TPSA) is 65.1 Å².